The van der Waals surface area contributed by atoms with Gasteiger partial charge in [0.05, 0.1) is 7.11 Å². The summed E-state index contributed by atoms with van der Waals surface area (Å²) in [7, 11) is 1.30. The van der Waals surface area contributed by atoms with Gasteiger partial charge in [-0.05, 0) is 18.6 Å². The van der Waals surface area contributed by atoms with Crippen LogP contribution in [0.4, 0.5) is 4.39 Å². The van der Waals surface area contributed by atoms with Gasteiger partial charge in [0.2, 0.25) is 5.82 Å². The molecule has 0 amide bonds. The van der Waals surface area contributed by atoms with Crippen molar-refractivity contribution in [3.05, 3.63) is 23.5 Å². The number of phenols is 1. The number of aromatic hydroxyl groups is 1. The van der Waals surface area contributed by atoms with Crippen molar-refractivity contribution in [1.29, 1.82) is 0 Å². The van der Waals surface area contributed by atoms with E-state index in [9.17, 15) is 4.39 Å². The Morgan fingerprint density at radius 3 is 2.73 bits per heavy atom. The summed E-state index contributed by atoms with van der Waals surface area (Å²) in [6.45, 7) is -0.0905. The number of ether oxygens (including phenoxy) is 1. The van der Waals surface area contributed by atoms with Gasteiger partial charge in [0.25, 0.3) is 0 Å². The van der Waals surface area contributed by atoms with E-state index in [-0.39, 0.29) is 12.4 Å². The van der Waals surface area contributed by atoms with E-state index in [2.05, 4.69) is 0 Å². The molecule has 0 radical (unpaired) electrons. The van der Waals surface area contributed by atoms with Crippen LogP contribution in [-0.2, 0) is 0 Å². The molecule has 4 N–H and O–H groups in total. The van der Waals surface area contributed by atoms with Gasteiger partial charge in [-0.25, -0.2) is 0 Å². The molecule has 0 saturated carbocycles. The number of hydrogen-bond donors (Lipinski definition) is 3. The summed E-state index contributed by atoms with van der Waals surface area (Å²) in [4.78, 5) is 0. The number of aliphatic hydroxyl groups excluding tert-OH is 1. The van der Waals surface area contributed by atoms with E-state index < -0.39 is 17.6 Å². The monoisotopic (exact) mass is 215 g/mol. The highest BCUT2D eigenvalue weighted by atomic mass is 19.1. The van der Waals surface area contributed by atoms with Gasteiger partial charge in [-0.1, -0.05) is 0 Å². The Bertz CT molecular complexity index is 344. The SMILES string of the molecule is COc1c(C(N)CCO)ccc(O)c1F. The van der Waals surface area contributed by atoms with Crippen molar-refractivity contribution < 1.29 is 19.3 Å². The number of nitrogens with two attached hydrogens (primary N) is 1. The molecule has 15 heavy (non-hydrogen) atoms. The van der Waals surface area contributed by atoms with Gasteiger partial charge in [-0.15, -0.1) is 0 Å². The first-order valence-corrected chi connectivity index (χ1v) is 4.53. The minimum Gasteiger partial charge on any atom is -0.505 e. The zero-order chi connectivity index (χ0) is 11.4. The quantitative estimate of drug-likeness (QED) is 0.698. The summed E-state index contributed by atoms with van der Waals surface area (Å²) < 4.78 is 18.2. The van der Waals surface area contributed by atoms with E-state index in [0.29, 0.717) is 12.0 Å². The van der Waals surface area contributed by atoms with Crippen molar-refractivity contribution in [2.45, 2.75) is 12.5 Å². The molecule has 0 aliphatic rings. The highest BCUT2D eigenvalue weighted by molar-refractivity contribution is 5.43. The van der Waals surface area contributed by atoms with Gasteiger partial charge in [0, 0.05) is 18.2 Å². The van der Waals surface area contributed by atoms with Crippen LogP contribution < -0.4 is 10.5 Å². The molecule has 1 aromatic carbocycles. The van der Waals surface area contributed by atoms with Crippen molar-refractivity contribution in [2.24, 2.45) is 5.73 Å². The van der Waals surface area contributed by atoms with Gasteiger partial charge in [-0.2, -0.15) is 4.39 Å². The molecule has 0 aliphatic heterocycles. The fraction of sp³-hybridized carbons (Fsp3) is 0.400. The third kappa shape index (κ3) is 2.37. The molecule has 5 heteroatoms. The summed E-state index contributed by atoms with van der Waals surface area (Å²) in [5.74, 6) is -1.38. The van der Waals surface area contributed by atoms with Crippen LogP contribution in [0.25, 0.3) is 0 Å². The Morgan fingerprint density at radius 1 is 1.53 bits per heavy atom. The van der Waals surface area contributed by atoms with Gasteiger partial charge in [0.15, 0.2) is 11.5 Å². The number of rotatable bonds is 4. The first-order valence-electron chi connectivity index (χ1n) is 4.53. The fourth-order valence-electron chi connectivity index (χ4n) is 1.35. The number of halogens is 1. The topological polar surface area (TPSA) is 75.7 Å². The van der Waals surface area contributed by atoms with E-state index in [1.54, 1.807) is 0 Å². The Balaban J connectivity index is 3.12. The number of aliphatic hydroxyl groups is 1. The van der Waals surface area contributed by atoms with Gasteiger partial charge < -0.3 is 20.7 Å². The second-order valence-corrected chi connectivity index (χ2v) is 3.14. The fourth-order valence-corrected chi connectivity index (χ4v) is 1.35. The Hall–Kier alpha value is -1.33. The summed E-state index contributed by atoms with van der Waals surface area (Å²) >= 11 is 0. The molecule has 0 aromatic heterocycles. The maximum atomic E-state index is 13.4. The molecule has 1 unspecified atom stereocenters. The zero-order valence-electron chi connectivity index (χ0n) is 8.40. The molecule has 0 heterocycles. The van der Waals surface area contributed by atoms with Crippen LogP contribution in [0, 0.1) is 5.82 Å². The molecule has 1 rings (SSSR count). The largest absolute Gasteiger partial charge is 0.505 e. The van der Waals surface area contributed by atoms with Crippen molar-refractivity contribution in [3.63, 3.8) is 0 Å². The number of phenolic OH excluding ortho intramolecular Hbond substituents is 1. The lowest BCUT2D eigenvalue weighted by Crippen LogP contribution is -2.13. The average Bonchev–Trinajstić information content (AvgIpc) is 2.22. The first kappa shape index (κ1) is 11.7. The van der Waals surface area contributed by atoms with E-state index in [0.717, 1.165) is 0 Å². The highest BCUT2D eigenvalue weighted by Gasteiger charge is 2.17. The van der Waals surface area contributed by atoms with Crippen LogP contribution in [0.2, 0.25) is 0 Å². The number of methoxy groups -OCH3 is 1. The van der Waals surface area contributed by atoms with Gasteiger partial charge in [-0.3, -0.25) is 0 Å². The Labute approximate surface area is 87.1 Å². The zero-order valence-corrected chi connectivity index (χ0v) is 8.40. The van der Waals surface area contributed by atoms with Gasteiger partial charge >= 0.3 is 0 Å². The van der Waals surface area contributed by atoms with Crippen LogP contribution >= 0.6 is 0 Å². The summed E-state index contributed by atoms with van der Waals surface area (Å²) in [5.41, 5.74) is 6.14. The molecular formula is C10H14FNO3. The maximum absolute atomic E-state index is 13.4. The average molecular weight is 215 g/mol. The third-order valence-electron chi connectivity index (χ3n) is 2.15. The molecule has 0 saturated heterocycles. The van der Waals surface area contributed by atoms with E-state index >= 15 is 0 Å². The molecular weight excluding hydrogens is 201 g/mol. The van der Waals surface area contributed by atoms with Crippen molar-refractivity contribution >= 4 is 0 Å². The molecule has 0 fully saturated rings. The van der Waals surface area contributed by atoms with Crippen molar-refractivity contribution in [3.8, 4) is 11.5 Å². The molecule has 1 atom stereocenters. The number of hydrogen-bond acceptors (Lipinski definition) is 4. The van der Waals surface area contributed by atoms with Crippen LogP contribution in [0.1, 0.15) is 18.0 Å². The molecule has 84 valence electrons. The lowest BCUT2D eigenvalue weighted by atomic mass is 10.0. The van der Waals surface area contributed by atoms with Gasteiger partial charge in [0.1, 0.15) is 0 Å². The van der Waals surface area contributed by atoms with Crippen LogP contribution in [-0.4, -0.2) is 23.9 Å². The summed E-state index contributed by atoms with van der Waals surface area (Å²) in [6.07, 6.45) is 0.306. The molecule has 1 aromatic rings. The molecule has 0 bridgehead atoms. The Morgan fingerprint density at radius 2 is 2.20 bits per heavy atom. The minimum absolute atomic E-state index is 0.0732. The molecule has 4 nitrogen and oxygen atoms in total. The van der Waals surface area contributed by atoms with Crippen molar-refractivity contribution in [1.82, 2.24) is 0 Å². The van der Waals surface area contributed by atoms with Crippen molar-refractivity contribution in [2.75, 3.05) is 13.7 Å². The minimum atomic E-state index is -0.830. The first-order chi connectivity index (χ1) is 7.11. The van der Waals surface area contributed by atoms with Crippen LogP contribution in [0.15, 0.2) is 12.1 Å². The van der Waals surface area contributed by atoms with E-state index in [1.165, 1.54) is 19.2 Å². The Kier molecular flexibility index (Phi) is 3.88. The lowest BCUT2D eigenvalue weighted by Gasteiger charge is -2.15. The third-order valence-corrected chi connectivity index (χ3v) is 2.15. The van der Waals surface area contributed by atoms with E-state index in [4.69, 9.17) is 20.7 Å². The second kappa shape index (κ2) is 4.95. The number of benzene rings is 1. The van der Waals surface area contributed by atoms with E-state index in [1.807, 2.05) is 0 Å². The maximum Gasteiger partial charge on any atom is 0.206 e. The normalized spacial score (nSPS) is 12.5. The highest BCUT2D eigenvalue weighted by Crippen LogP contribution is 2.33. The van der Waals surface area contributed by atoms with Crippen LogP contribution in [0.5, 0.6) is 11.5 Å². The smallest absolute Gasteiger partial charge is 0.206 e. The summed E-state index contributed by atoms with van der Waals surface area (Å²) in [6, 6.07) is 2.18. The standard InChI is InChI=1S/C10H14FNO3/c1-15-10-6(7(12)4-5-13)2-3-8(14)9(10)11/h2-3,7,13-14H,4-5,12H2,1H3. The predicted octanol–water partition coefficient (Wildman–Crippen LogP) is 0.922. The summed E-state index contributed by atoms with van der Waals surface area (Å²) in [5, 5.41) is 17.8. The molecule has 0 aliphatic carbocycles. The predicted molar refractivity (Wildman–Crippen MR) is 53.2 cm³/mol. The molecule has 0 spiro atoms. The van der Waals surface area contributed by atoms with Crippen LogP contribution in [0.3, 0.4) is 0 Å². The lowest BCUT2D eigenvalue weighted by molar-refractivity contribution is 0.274. The second-order valence-electron chi connectivity index (χ2n) is 3.14.